The lowest BCUT2D eigenvalue weighted by Crippen LogP contribution is -2.35. The minimum Gasteiger partial charge on any atom is -0.493 e. The molecule has 0 spiro atoms. The summed E-state index contributed by atoms with van der Waals surface area (Å²) >= 11 is 5.34. The van der Waals surface area contributed by atoms with Crippen LogP contribution in [-0.2, 0) is 0 Å². The van der Waals surface area contributed by atoms with Crippen LogP contribution >= 0.6 is 12.2 Å². The quantitative estimate of drug-likeness (QED) is 0.562. The summed E-state index contributed by atoms with van der Waals surface area (Å²) in [5.74, 6) is 1.39. The van der Waals surface area contributed by atoms with Gasteiger partial charge in [0.25, 0.3) is 0 Å². The third kappa shape index (κ3) is 6.21. The first kappa shape index (κ1) is 17.6. The van der Waals surface area contributed by atoms with Crippen molar-refractivity contribution in [1.29, 1.82) is 0 Å². The second-order valence-corrected chi connectivity index (χ2v) is 5.47. The van der Waals surface area contributed by atoms with Gasteiger partial charge in [-0.1, -0.05) is 26.2 Å². The van der Waals surface area contributed by atoms with Crippen LogP contribution in [-0.4, -0.2) is 25.4 Å². The average Bonchev–Trinajstić information content (AvgIpc) is 2.47. The van der Waals surface area contributed by atoms with Crippen molar-refractivity contribution in [2.24, 2.45) is 0 Å². The Kier molecular flexibility index (Phi) is 7.90. The van der Waals surface area contributed by atoms with E-state index in [1.165, 1.54) is 19.3 Å². The maximum absolute atomic E-state index is 5.34. The van der Waals surface area contributed by atoms with Crippen LogP contribution in [0.5, 0.6) is 11.5 Å². The fourth-order valence-electron chi connectivity index (χ4n) is 2.08. The van der Waals surface area contributed by atoms with E-state index in [2.05, 4.69) is 24.5 Å². The number of rotatable bonds is 8. The maximum Gasteiger partial charge on any atom is 0.170 e. The summed E-state index contributed by atoms with van der Waals surface area (Å²) in [6, 6.07) is 6.01. The lowest BCUT2D eigenvalue weighted by atomic mass is 10.1. The van der Waals surface area contributed by atoms with Crippen molar-refractivity contribution in [3.05, 3.63) is 18.2 Å². The minimum atomic E-state index is 0.372. The Labute approximate surface area is 133 Å². The Hall–Kier alpha value is -1.49. The van der Waals surface area contributed by atoms with E-state index in [0.29, 0.717) is 22.7 Å². The molecule has 0 aromatic heterocycles. The first-order valence-electron chi connectivity index (χ1n) is 7.40. The Morgan fingerprint density at radius 1 is 1.19 bits per heavy atom. The summed E-state index contributed by atoms with van der Waals surface area (Å²) in [5, 5.41) is 7.11. The van der Waals surface area contributed by atoms with Gasteiger partial charge in [0.1, 0.15) is 0 Å². The fourth-order valence-corrected chi connectivity index (χ4v) is 2.40. The minimum absolute atomic E-state index is 0.372. The van der Waals surface area contributed by atoms with Crippen molar-refractivity contribution >= 4 is 23.0 Å². The van der Waals surface area contributed by atoms with Gasteiger partial charge in [-0.3, -0.25) is 0 Å². The molecule has 118 valence electrons. The molecule has 0 amide bonds. The van der Waals surface area contributed by atoms with E-state index in [-0.39, 0.29) is 0 Å². The molecule has 0 fully saturated rings. The standard InChI is InChI=1S/C16H26N2O2S/c1-5-6-7-8-12(2)17-16(21)18-13-9-10-14(19-3)15(11-13)20-4/h9-12H,5-8H2,1-4H3,(H2,17,18,21). The molecule has 1 unspecified atom stereocenters. The van der Waals surface area contributed by atoms with Crippen LogP contribution in [0.3, 0.4) is 0 Å². The van der Waals surface area contributed by atoms with E-state index in [4.69, 9.17) is 21.7 Å². The molecule has 0 saturated carbocycles. The maximum atomic E-state index is 5.34. The molecule has 0 aliphatic heterocycles. The first-order chi connectivity index (χ1) is 10.1. The van der Waals surface area contributed by atoms with Crippen molar-refractivity contribution in [1.82, 2.24) is 5.32 Å². The Balaban J connectivity index is 2.50. The molecule has 1 aromatic rings. The van der Waals surface area contributed by atoms with E-state index in [1.54, 1.807) is 14.2 Å². The van der Waals surface area contributed by atoms with Gasteiger partial charge in [0.2, 0.25) is 0 Å². The molecule has 1 rings (SSSR count). The SMILES string of the molecule is CCCCCC(C)NC(=S)Nc1ccc(OC)c(OC)c1. The second-order valence-electron chi connectivity index (χ2n) is 5.07. The van der Waals surface area contributed by atoms with E-state index >= 15 is 0 Å². The molecular weight excluding hydrogens is 284 g/mol. The van der Waals surface area contributed by atoms with Gasteiger partial charge in [0, 0.05) is 17.8 Å². The largest absolute Gasteiger partial charge is 0.493 e. The summed E-state index contributed by atoms with van der Waals surface area (Å²) < 4.78 is 10.5. The smallest absolute Gasteiger partial charge is 0.170 e. The van der Waals surface area contributed by atoms with E-state index in [0.717, 1.165) is 12.1 Å². The molecule has 2 N–H and O–H groups in total. The summed E-state index contributed by atoms with van der Waals surface area (Å²) in [7, 11) is 3.24. The zero-order valence-corrected chi connectivity index (χ0v) is 14.2. The predicted octanol–water partition coefficient (Wildman–Crippen LogP) is 3.96. The number of hydrogen-bond acceptors (Lipinski definition) is 3. The number of nitrogens with one attached hydrogen (secondary N) is 2. The third-order valence-electron chi connectivity index (χ3n) is 3.26. The highest BCUT2D eigenvalue weighted by Gasteiger charge is 2.07. The molecule has 0 heterocycles. The summed E-state index contributed by atoms with van der Waals surface area (Å²) in [4.78, 5) is 0. The zero-order valence-electron chi connectivity index (χ0n) is 13.4. The highest BCUT2D eigenvalue weighted by molar-refractivity contribution is 7.80. The van der Waals surface area contributed by atoms with Crippen molar-refractivity contribution in [2.75, 3.05) is 19.5 Å². The van der Waals surface area contributed by atoms with Crippen LogP contribution in [0.25, 0.3) is 0 Å². The molecule has 5 heteroatoms. The first-order valence-corrected chi connectivity index (χ1v) is 7.81. The van der Waals surface area contributed by atoms with Crippen LogP contribution in [0.15, 0.2) is 18.2 Å². The zero-order chi connectivity index (χ0) is 15.7. The van der Waals surface area contributed by atoms with Gasteiger partial charge < -0.3 is 20.1 Å². The number of thiocarbonyl (C=S) groups is 1. The van der Waals surface area contributed by atoms with Crippen molar-refractivity contribution in [3.8, 4) is 11.5 Å². The number of ether oxygens (including phenoxy) is 2. The van der Waals surface area contributed by atoms with Gasteiger partial charge in [-0.05, 0) is 37.7 Å². The number of hydrogen-bond donors (Lipinski definition) is 2. The van der Waals surface area contributed by atoms with Crippen LogP contribution < -0.4 is 20.1 Å². The molecule has 0 aliphatic carbocycles. The van der Waals surface area contributed by atoms with Gasteiger partial charge in [-0.25, -0.2) is 0 Å². The molecule has 0 aliphatic rings. The normalized spacial score (nSPS) is 11.6. The van der Waals surface area contributed by atoms with Gasteiger partial charge in [0.05, 0.1) is 14.2 Å². The Morgan fingerprint density at radius 2 is 1.90 bits per heavy atom. The number of anilines is 1. The van der Waals surface area contributed by atoms with Crippen molar-refractivity contribution in [3.63, 3.8) is 0 Å². The lowest BCUT2D eigenvalue weighted by molar-refractivity contribution is 0.355. The molecular formula is C16H26N2O2S. The Morgan fingerprint density at radius 3 is 2.52 bits per heavy atom. The molecule has 4 nitrogen and oxygen atoms in total. The van der Waals surface area contributed by atoms with Gasteiger partial charge in [0.15, 0.2) is 16.6 Å². The van der Waals surface area contributed by atoms with Gasteiger partial charge in [-0.15, -0.1) is 0 Å². The molecule has 1 aromatic carbocycles. The summed E-state index contributed by atoms with van der Waals surface area (Å²) in [5.41, 5.74) is 0.880. The molecule has 0 bridgehead atoms. The Bertz CT molecular complexity index is 452. The van der Waals surface area contributed by atoms with Crippen LogP contribution in [0.2, 0.25) is 0 Å². The number of methoxy groups -OCH3 is 2. The van der Waals surface area contributed by atoms with E-state index in [9.17, 15) is 0 Å². The molecule has 1 atom stereocenters. The molecule has 0 saturated heterocycles. The average molecular weight is 310 g/mol. The van der Waals surface area contributed by atoms with Crippen LogP contribution in [0, 0.1) is 0 Å². The monoisotopic (exact) mass is 310 g/mol. The van der Waals surface area contributed by atoms with Crippen molar-refractivity contribution in [2.45, 2.75) is 45.6 Å². The van der Waals surface area contributed by atoms with Crippen LogP contribution in [0.4, 0.5) is 5.69 Å². The van der Waals surface area contributed by atoms with Gasteiger partial charge >= 0.3 is 0 Å². The van der Waals surface area contributed by atoms with Crippen molar-refractivity contribution < 1.29 is 9.47 Å². The third-order valence-corrected chi connectivity index (χ3v) is 3.48. The highest BCUT2D eigenvalue weighted by atomic mass is 32.1. The molecule has 0 radical (unpaired) electrons. The topological polar surface area (TPSA) is 42.5 Å². The predicted molar refractivity (Wildman–Crippen MR) is 92.5 cm³/mol. The summed E-state index contributed by atoms with van der Waals surface area (Å²) in [6.07, 6.45) is 4.86. The van der Waals surface area contributed by atoms with Gasteiger partial charge in [-0.2, -0.15) is 0 Å². The molecule has 21 heavy (non-hydrogen) atoms. The number of benzene rings is 1. The van der Waals surface area contributed by atoms with Crippen LogP contribution in [0.1, 0.15) is 39.5 Å². The highest BCUT2D eigenvalue weighted by Crippen LogP contribution is 2.29. The second kappa shape index (κ2) is 9.45. The fraction of sp³-hybridized carbons (Fsp3) is 0.562. The lowest BCUT2D eigenvalue weighted by Gasteiger charge is -2.17. The van der Waals surface area contributed by atoms with E-state index < -0.39 is 0 Å². The summed E-state index contributed by atoms with van der Waals surface area (Å²) in [6.45, 7) is 4.36. The van der Waals surface area contributed by atoms with E-state index in [1.807, 2.05) is 18.2 Å². The number of unbranched alkanes of at least 4 members (excludes halogenated alkanes) is 2.